The number of ether oxygens (including phenoxy) is 1. The van der Waals surface area contributed by atoms with E-state index in [1.807, 2.05) is 66.7 Å². The lowest BCUT2D eigenvalue weighted by Gasteiger charge is -2.18. The minimum atomic E-state index is -0.828. The zero-order valence-corrected chi connectivity index (χ0v) is 35.1. The number of carbonyl (C=O) groups is 5. The van der Waals surface area contributed by atoms with Crippen molar-refractivity contribution < 1.29 is 28.7 Å². The van der Waals surface area contributed by atoms with Crippen LogP contribution in [0.4, 0.5) is 16.4 Å². The molecular weight excluding hydrogens is 793 g/mol. The first-order valence-corrected chi connectivity index (χ1v) is 21.0. The van der Waals surface area contributed by atoms with Gasteiger partial charge in [-0.25, -0.2) is 4.79 Å². The third kappa shape index (κ3) is 11.0. The third-order valence-electron chi connectivity index (χ3n) is 9.23. The molecule has 4 amide bonds. The van der Waals surface area contributed by atoms with Crippen molar-refractivity contribution in [1.29, 1.82) is 0 Å². The van der Waals surface area contributed by atoms with Crippen molar-refractivity contribution in [1.82, 2.24) is 5.32 Å². The molecule has 12 heteroatoms. The first-order chi connectivity index (χ1) is 29.0. The molecule has 0 fully saturated rings. The Morgan fingerprint density at radius 2 is 1.33 bits per heavy atom. The molecule has 4 N–H and O–H groups in total. The molecular formula is C48H44N4O6S2. The van der Waals surface area contributed by atoms with Crippen molar-refractivity contribution in [2.45, 2.75) is 43.8 Å². The van der Waals surface area contributed by atoms with Crippen molar-refractivity contribution >= 4 is 75.1 Å². The molecule has 1 atom stereocenters. The summed E-state index contributed by atoms with van der Waals surface area (Å²) in [5.74, 6) is -2.18. The van der Waals surface area contributed by atoms with E-state index in [2.05, 4.69) is 35.1 Å². The van der Waals surface area contributed by atoms with Crippen LogP contribution in [-0.2, 0) is 14.3 Å². The van der Waals surface area contributed by atoms with Crippen LogP contribution in [0.3, 0.4) is 0 Å². The summed E-state index contributed by atoms with van der Waals surface area (Å²) in [5, 5.41) is 10.8. The number of thiophene rings is 1. The molecule has 6 aromatic rings. The lowest BCUT2D eigenvalue weighted by molar-refractivity contribution is -0.116. The van der Waals surface area contributed by atoms with Crippen molar-refractivity contribution in [3.63, 3.8) is 0 Å². The van der Waals surface area contributed by atoms with Crippen LogP contribution in [-0.4, -0.2) is 36.2 Å². The van der Waals surface area contributed by atoms with Gasteiger partial charge in [0.2, 0.25) is 5.91 Å². The van der Waals surface area contributed by atoms with Crippen molar-refractivity contribution in [3.8, 4) is 0 Å². The lowest BCUT2D eigenvalue weighted by Crippen LogP contribution is -2.30. The summed E-state index contributed by atoms with van der Waals surface area (Å²) < 4.78 is 5.35. The molecule has 5 aromatic carbocycles. The number of carbonyl (C=O) groups excluding carboxylic acids is 5. The molecule has 0 aliphatic rings. The van der Waals surface area contributed by atoms with Gasteiger partial charge in [-0.05, 0) is 90.6 Å². The van der Waals surface area contributed by atoms with Crippen molar-refractivity contribution in [2.24, 2.45) is 0 Å². The maximum Gasteiger partial charge on any atom is 0.341 e. The van der Waals surface area contributed by atoms with Crippen molar-refractivity contribution in [3.05, 3.63) is 183 Å². The van der Waals surface area contributed by atoms with E-state index in [1.165, 1.54) is 11.8 Å². The summed E-state index contributed by atoms with van der Waals surface area (Å²) in [6, 6.07) is 41.5. The first kappa shape index (κ1) is 42.8. The Kier molecular flexibility index (Phi) is 14.5. The van der Waals surface area contributed by atoms with Crippen LogP contribution in [0.15, 0.2) is 150 Å². The second-order valence-corrected chi connectivity index (χ2v) is 16.1. The SMILES string of the molecule is CCOC(=O)c1c(NC(=O)C(Sc2cccc(NC(=O)/C(=C\c3ccc(C(C)C)cc3)NC(=O)c3ccccc3)c2)c2ccccc2)sc(C(=O)Nc2ccccc2)c1C. The maximum absolute atomic E-state index is 14.3. The Balaban J connectivity index is 1.26. The monoisotopic (exact) mass is 836 g/mol. The van der Waals surface area contributed by atoms with Crippen LogP contribution >= 0.6 is 23.1 Å². The number of anilines is 3. The number of amides is 4. The number of hydrogen-bond donors (Lipinski definition) is 4. The van der Waals surface area contributed by atoms with Gasteiger partial charge >= 0.3 is 5.97 Å². The molecule has 60 heavy (non-hydrogen) atoms. The van der Waals surface area contributed by atoms with Gasteiger partial charge in [0.25, 0.3) is 17.7 Å². The van der Waals surface area contributed by atoms with Crippen LogP contribution in [0, 0.1) is 6.92 Å². The van der Waals surface area contributed by atoms with Gasteiger partial charge in [0.1, 0.15) is 15.9 Å². The molecule has 0 spiro atoms. The topological polar surface area (TPSA) is 143 Å². The third-order valence-corrected chi connectivity index (χ3v) is 11.7. The molecule has 0 saturated heterocycles. The summed E-state index contributed by atoms with van der Waals surface area (Å²) in [7, 11) is 0. The van der Waals surface area contributed by atoms with E-state index in [0.29, 0.717) is 38.9 Å². The Labute approximate surface area is 357 Å². The number of para-hydroxylation sites is 1. The average molecular weight is 837 g/mol. The zero-order chi connectivity index (χ0) is 42.6. The van der Waals surface area contributed by atoms with Gasteiger partial charge in [-0.1, -0.05) is 111 Å². The van der Waals surface area contributed by atoms with Gasteiger partial charge in [-0.15, -0.1) is 23.1 Å². The highest BCUT2D eigenvalue weighted by atomic mass is 32.2. The highest BCUT2D eigenvalue weighted by Gasteiger charge is 2.30. The fraction of sp³-hybridized carbons (Fsp3) is 0.146. The Hall–Kier alpha value is -6.76. The molecule has 0 radical (unpaired) electrons. The summed E-state index contributed by atoms with van der Waals surface area (Å²) >= 11 is 2.23. The molecule has 0 saturated carbocycles. The van der Waals surface area contributed by atoms with Crippen LogP contribution in [0.1, 0.15) is 84.6 Å². The fourth-order valence-electron chi connectivity index (χ4n) is 6.12. The van der Waals surface area contributed by atoms with Gasteiger partial charge in [0.15, 0.2) is 0 Å². The molecule has 1 aromatic heterocycles. The molecule has 0 bridgehead atoms. The van der Waals surface area contributed by atoms with E-state index >= 15 is 0 Å². The average Bonchev–Trinajstić information content (AvgIpc) is 3.58. The number of esters is 1. The van der Waals surface area contributed by atoms with Gasteiger partial charge in [-0.2, -0.15) is 0 Å². The van der Waals surface area contributed by atoms with E-state index < -0.39 is 34.8 Å². The smallest absolute Gasteiger partial charge is 0.341 e. The number of nitrogens with one attached hydrogen (secondary N) is 4. The number of thioether (sulfide) groups is 1. The summed E-state index contributed by atoms with van der Waals surface area (Å²) in [5.41, 5.74) is 4.50. The minimum Gasteiger partial charge on any atom is -0.462 e. The van der Waals surface area contributed by atoms with Crippen LogP contribution in [0.5, 0.6) is 0 Å². The van der Waals surface area contributed by atoms with E-state index in [1.54, 1.807) is 92.7 Å². The Bertz CT molecular complexity index is 2500. The maximum atomic E-state index is 14.3. The van der Waals surface area contributed by atoms with Gasteiger partial charge in [-0.3, -0.25) is 19.2 Å². The molecule has 6 rings (SSSR count). The standard InChI is InChI=1S/C48H44N4O6S2/c1-5-58-48(57)40-31(4)41(45(55)49-36-20-13-8-14-21-36)60-47(40)52-46(56)42(34-16-9-6-10-17-34)59-38-23-15-22-37(29-38)50-44(54)39(51-43(53)35-18-11-7-12-19-35)28-32-24-26-33(27-25-32)30(2)3/h6-30,42H,5H2,1-4H3,(H,49,55)(H,50,54)(H,51,53)(H,52,56)/b39-28+. The number of rotatable bonds is 15. The Morgan fingerprint density at radius 1 is 0.700 bits per heavy atom. The second-order valence-electron chi connectivity index (χ2n) is 13.9. The molecule has 1 heterocycles. The van der Waals surface area contributed by atoms with Crippen LogP contribution in [0.25, 0.3) is 6.08 Å². The minimum absolute atomic E-state index is 0.0428. The van der Waals surface area contributed by atoms with Gasteiger partial charge in [0, 0.05) is 21.8 Å². The second kappa shape index (κ2) is 20.3. The normalized spacial score (nSPS) is 11.7. The van der Waals surface area contributed by atoms with Crippen LogP contribution in [0.2, 0.25) is 0 Å². The van der Waals surface area contributed by atoms with Crippen molar-refractivity contribution in [2.75, 3.05) is 22.6 Å². The molecule has 1 unspecified atom stereocenters. The van der Waals surface area contributed by atoms with E-state index in [4.69, 9.17) is 4.74 Å². The summed E-state index contributed by atoms with van der Waals surface area (Å²) in [4.78, 5) is 69.1. The van der Waals surface area contributed by atoms with E-state index in [0.717, 1.165) is 22.5 Å². The predicted molar refractivity (Wildman–Crippen MR) is 241 cm³/mol. The molecule has 304 valence electrons. The Morgan fingerprint density at radius 3 is 1.98 bits per heavy atom. The fourth-order valence-corrected chi connectivity index (χ4v) is 8.30. The summed E-state index contributed by atoms with van der Waals surface area (Å²) in [6.07, 6.45) is 1.63. The number of benzene rings is 5. The summed E-state index contributed by atoms with van der Waals surface area (Å²) in [6.45, 7) is 7.63. The highest BCUT2D eigenvalue weighted by molar-refractivity contribution is 8.00. The number of hydrogen-bond acceptors (Lipinski definition) is 8. The largest absolute Gasteiger partial charge is 0.462 e. The zero-order valence-electron chi connectivity index (χ0n) is 33.5. The lowest BCUT2D eigenvalue weighted by atomic mass is 10.0. The van der Waals surface area contributed by atoms with E-state index in [-0.39, 0.29) is 27.7 Å². The van der Waals surface area contributed by atoms with Gasteiger partial charge in [0.05, 0.1) is 17.0 Å². The molecule has 10 nitrogen and oxygen atoms in total. The highest BCUT2D eigenvalue weighted by Crippen LogP contribution is 2.40. The molecule has 0 aliphatic carbocycles. The molecule has 0 aliphatic heterocycles. The van der Waals surface area contributed by atoms with Crippen LogP contribution < -0.4 is 21.3 Å². The quantitative estimate of drug-likeness (QED) is 0.0458. The first-order valence-electron chi connectivity index (χ1n) is 19.3. The van der Waals surface area contributed by atoms with E-state index in [9.17, 15) is 24.0 Å². The van der Waals surface area contributed by atoms with Gasteiger partial charge < -0.3 is 26.0 Å². The predicted octanol–water partition coefficient (Wildman–Crippen LogP) is 10.5.